The average molecular weight is 481 g/mol. The van der Waals surface area contributed by atoms with Gasteiger partial charge in [0, 0.05) is 30.2 Å². The van der Waals surface area contributed by atoms with Gasteiger partial charge in [-0.2, -0.15) is 0 Å². The van der Waals surface area contributed by atoms with Crippen molar-refractivity contribution in [3.05, 3.63) is 70.5 Å². The molecule has 0 saturated heterocycles. The molecule has 1 aromatic carbocycles. The molecule has 5 N–H and O–H groups in total. The quantitative estimate of drug-likeness (QED) is 0.138. The number of para-hydroxylation sites is 1. The van der Waals surface area contributed by atoms with E-state index in [9.17, 15) is 24.9 Å². The molecule has 0 fully saturated rings. The van der Waals surface area contributed by atoms with Gasteiger partial charge < -0.3 is 30.6 Å². The number of carbonyl (C=O) groups is 2. The Morgan fingerprint density at radius 2 is 2.12 bits per heavy atom. The summed E-state index contributed by atoms with van der Waals surface area (Å²) in [6.07, 6.45) is 2.53. The monoisotopic (exact) mass is 481 g/mol. The lowest BCUT2D eigenvalue weighted by Gasteiger charge is -2.28. The molecule has 0 radical (unpaired) electrons. The molecule has 1 aliphatic rings. The molecule has 1 atom stereocenters. The first-order chi connectivity index (χ1) is 16.5. The van der Waals surface area contributed by atoms with E-state index in [0.717, 1.165) is 5.69 Å². The highest BCUT2D eigenvalue weighted by Crippen LogP contribution is 2.30. The molecular weight excluding hydrogens is 461 g/mol. The predicted molar refractivity (Wildman–Crippen MR) is 125 cm³/mol. The number of aromatic carboxylic acids is 1. The molecule has 0 bridgehead atoms. The summed E-state index contributed by atoms with van der Waals surface area (Å²) in [6.45, 7) is 0.575. The second-order valence-electron chi connectivity index (χ2n) is 7.38. The number of benzene rings is 1. The normalized spacial score (nSPS) is 15.3. The number of thiazole rings is 1. The SMILES string of the molecule is O=C(NC1Cc2cccc(C(=O)O)c2OB1O)C(=NO)c1csc(NCCc2ccccn2)n1. The second kappa shape index (κ2) is 10.3. The molecule has 4 rings (SSSR count). The van der Waals surface area contributed by atoms with Gasteiger partial charge in [0.25, 0.3) is 5.91 Å². The zero-order valence-electron chi connectivity index (χ0n) is 17.7. The van der Waals surface area contributed by atoms with Crippen LogP contribution in [0.3, 0.4) is 0 Å². The van der Waals surface area contributed by atoms with Crippen molar-refractivity contribution >= 4 is 41.2 Å². The van der Waals surface area contributed by atoms with Gasteiger partial charge >= 0.3 is 13.1 Å². The Morgan fingerprint density at radius 1 is 1.26 bits per heavy atom. The van der Waals surface area contributed by atoms with Crippen molar-refractivity contribution in [2.75, 3.05) is 11.9 Å². The van der Waals surface area contributed by atoms with Gasteiger partial charge in [0.15, 0.2) is 10.8 Å². The maximum absolute atomic E-state index is 12.8. The minimum Gasteiger partial charge on any atom is -0.534 e. The van der Waals surface area contributed by atoms with E-state index < -0.39 is 24.9 Å². The molecule has 1 amide bonds. The van der Waals surface area contributed by atoms with E-state index in [2.05, 4.69) is 25.8 Å². The Kier molecular flexibility index (Phi) is 7.04. The minimum atomic E-state index is -1.49. The summed E-state index contributed by atoms with van der Waals surface area (Å²) in [4.78, 5) is 32.7. The van der Waals surface area contributed by atoms with Crippen molar-refractivity contribution < 1.29 is 29.6 Å². The number of carboxylic acid groups (broad SMARTS) is 1. The number of fused-ring (bicyclic) bond motifs is 1. The lowest BCUT2D eigenvalue weighted by molar-refractivity contribution is -0.115. The second-order valence-corrected chi connectivity index (χ2v) is 8.23. The number of aromatic nitrogens is 2. The summed E-state index contributed by atoms with van der Waals surface area (Å²) in [5.41, 5.74) is 1.20. The molecule has 34 heavy (non-hydrogen) atoms. The van der Waals surface area contributed by atoms with Crippen molar-refractivity contribution in [1.29, 1.82) is 0 Å². The zero-order valence-corrected chi connectivity index (χ0v) is 18.5. The number of pyridine rings is 1. The topological polar surface area (TPSA) is 166 Å². The van der Waals surface area contributed by atoms with E-state index in [-0.39, 0.29) is 29.1 Å². The molecule has 11 nitrogen and oxygen atoms in total. The van der Waals surface area contributed by atoms with Crippen molar-refractivity contribution in [2.45, 2.75) is 18.8 Å². The Hall–Kier alpha value is -3.97. The minimum absolute atomic E-state index is 0.0602. The van der Waals surface area contributed by atoms with Gasteiger partial charge in [-0.1, -0.05) is 23.4 Å². The first kappa shape index (κ1) is 23.2. The molecule has 2 aromatic heterocycles. The maximum Gasteiger partial charge on any atom is 0.547 e. The van der Waals surface area contributed by atoms with Crippen LogP contribution >= 0.6 is 11.3 Å². The number of rotatable bonds is 8. The first-order valence-electron chi connectivity index (χ1n) is 10.3. The van der Waals surface area contributed by atoms with Crippen LogP contribution in [0.15, 0.2) is 53.1 Å². The highest BCUT2D eigenvalue weighted by atomic mass is 32.1. The summed E-state index contributed by atoms with van der Waals surface area (Å²) in [6, 6.07) is 10.2. The molecule has 1 aliphatic heterocycles. The highest BCUT2D eigenvalue weighted by molar-refractivity contribution is 7.14. The summed E-state index contributed by atoms with van der Waals surface area (Å²) < 4.78 is 5.37. The number of carbonyl (C=O) groups excluding carboxylic acids is 1. The number of hydrogen-bond acceptors (Lipinski definition) is 10. The number of hydrogen-bond donors (Lipinski definition) is 5. The molecule has 3 heterocycles. The van der Waals surface area contributed by atoms with E-state index in [1.807, 2.05) is 18.2 Å². The summed E-state index contributed by atoms with van der Waals surface area (Å²) in [5.74, 6) is -2.78. The van der Waals surface area contributed by atoms with Crippen molar-refractivity contribution in [2.24, 2.45) is 5.16 Å². The molecule has 1 unspecified atom stereocenters. The van der Waals surface area contributed by atoms with Gasteiger partial charge in [-0.15, -0.1) is 11.3 Å². The Morgan fingerprint density at radius 3 is 2.85 bits per heavy atom. The van der Waals surface area contributed by atoms with Gasteiger partial charge in [0.05, 0.1) is 11.5 Å². The van der Waals surface area contributed by atoms with Crippen molar-refractivity contribution in [3.63, 3.8) is 0 Å². The smallest absolute Gasteiger partial charge is 0.534 e. The Bertz CT molecular complexity index is 1220. The van der Waals surface area contributed by atoms with Crippen LogP contribution < -0.4 is 15.3 Å². The number of amides is 1. The van der Waals surface area contributed by atoms with Crippen LogP contribution in [0.1, 0.15) is 27.3 Å². The van der Waals surface area contributed by atoms with Gasteiger partial charge in [0.1, 0.15) is 11.4 Å². The molecule has 0 aliphatic carbocycles. The summed E-state index contributed by atoms with van der Waals surface area (Å²) in [5, 5.41) is 40.0. The fraction of sp³-hybridized carbons (Fsp3) is 0.190. The average Bonchev–Trinajstić information content (AvgIpc) is 3.28. The van der Waals surface area contributed by atoms with Crippen LogP contribution in [0.5, 0.6) is 5.75 Å². The van der Waals surface area contributed by atoms with Crippen LogP contribution in [-0.2, 0) is 17.6 Å². The van der Waals surface area contributed by atoms with Gasteiger partial charge in [0.2, 0.25) is 0 Å². The standard InChI is InChI=1S/C21H20BN5O6S/c28-19(26-16-10-12-4-3-6-14(20(29)30)18(12)33-22(16)31)17(27-32)15-11-34-21(25-15)24-9-7-13-5-1-2-8-23-13/h1-6,8,11,16,31-32H,7,9-10H2,(H,24,25)(H,26,28)(H,29,30). The fourth-order valence-corrected chi connectivity index (χ4v) is 4.20. The van der Waals surface area contributed by atoms with E-state index in [1.165, 1.54) is 17.4 Å². The molecular formula is C21H20BN5O6S. The third-order valence-electron chi connectivity index (χ3n) is 5.11. The predicted octanol–water partition coefficient (Wildman–Crippen LogP) is 1.21. The van der Waals surface area contributed by atoms with E-state index in [0.29, 0.717) is 23.7 Å². The number of nitrogens with one attached hydrogen (secondary N) is 2. The largest absolute Gasteiger partial charge is 0.547 e. The van der Waals surface area contributed by atoms with Gasteiger partial charge in [-0.3, -0.25) is 9.78 Å². The number of oxime groups is 1. The number of carboxylic acids is 1. The van der Waals surface area contributed by atoms with Crippen LogP contribution in [-0.4, -0.2) is 62.5 Å². The Labute approximate surface area is 198 Å². The fourth-order valence-electron chi connectivity index (χ4n) is 3.47. The molecule has 13 heteroatoms. The number of nitrogens with zero attached hydrogens (tertiary/aromatic N) is 3. The van der Waals surface area contributed by atoms with E-state index >= 15 is 0 Å². The maximum atomic E-state index is 12.8. The van der Waals surface area contributed by atoms with Gasteiger partial charge in [-0.25, -0.2) is 9.78 Å². The molecule has 174 valence electrons. The Balaban J connectivity index is 1.39. The summed E-state index contributed by atoms with van der Waals surface area (Å²) >= 11 is 1.24. The highest BCUT2D eigenvalue weighted by Gasteiger charge is 2.38. The molecule has 3 aromatic rings. The van der Waals surface area contributed by atoms with Crippen molar-refractivity contribution in [3.8, 4) is 5.75 Å². The van der Waals surface area contributed by atoms with Crippen LogP contribution in [0.2, 0.25) is 0 Å². The lowest BCUT2D eigenvalue weighted by Crippen LogP contribution is -2.54. The summed E-state index contributed by atoms with van der Waals surface area (Å²) in [7, 11) is -1.49. The van der Waals surface area contributed by atoms with Crippen LogP contribution in [0.4, 0.5) is 5.13 Å². The van der Waals surface area contributed by atoms with Crippen LogP contribution in [0.25, 0.3) is 0 Å². The third-order valence-corrected chi connectivity index (χ3v) is 5.91. The van der Waals surface area contributed by atoms with Crippen molar-refractivity contribution in [1.82, 2.24) is 15.3 Å². The van der Waals surface area contributed by atoms with E-state index in [4.69, 9.17) is 4.65 Å². The zero-order chi connectivity index (χ0) is 24.1. The number of anilines is 1. The molecule has 0 spiro atoms. The van der Waals surface area contributed by atoms with E-state index in [1.54, 1.807) is 23.7 Å². The van der Waals surface area contributed by atoms with Crippen LogP contribution in [0, 0.1) is 0 Å². The lowest BCUT2D eigenvalue weighted by atomic mass is 9.72. The first-order valence-corrected chi connectivity index (χ1v) is 11.2. The third kappa shape index (κ3) is 5.16. The van der Waals surface area contributed by atoms with Gasteiger partial charge in [-0.05, 0) is 30.2 Å². The molecule has 0 saturated carbocycles.